The van der Waals surface area contributed by atoms with Gasteiger partial charge in [0.2, 0.25) is 11.8 Å². The highest BCUT2D eigenvalue weighted by Crippen LogP contribution is 2.33. The number of nitrogens with one attached hydrogen (secondary N) is 2. The average Bonchev–Trinajstić information content (AvgIpc) is 3.02. The molecule has 158 valence electrons. The molecule has 0 spiro atoms. The van der Waals surface area contributed by atoms with Gasteiger partial charge in [-0.05, 0) is 61.9 Å². The molecule has 2 aliphatic heterocycles. The van der Waals surface area contributed by atoms with Crippen molar-refractivity contribution in [2.75, 3.05) is 12.4 Å². The number of amides is 1. The first-order valence-electron chi connectivity index (χ1n) is 9.52. The van der Waals surface area contributed by atoms with E-state index < -0.39 is 0 Å². The molecule has 2 unspecified atom stereocenters. The van der Waals surface area contributed by atoms with Crippen molar-refractivity contribution in [2.45, 2.75) is 44.2 Å². The summed E-state index contributed by atoms with van der Waals surface area (Å²) in [5.74, 6) is 2.48. The molecule has 29 heavy (non-hydrogen) atoms. The average molecular weight is 440 g/mol. The lowest BCUT2D eigenvalue weighted by molar-refractivity contribution is -0.117. The highest BCUT2D eigenvalue weighted by Gasteiger charge is 2.34. The number of benzene rings is 1. The fraction of sp³-hybridized carbons (Fsp3) is 0.429. The minimum atomic E-state index is 0. The number of fused-ring (bicyclic) bond motifs is 2. The molecule has 2 fully saturated rings. The Bertz CT molecular complexity index is 775. The molecule has 2 saturated heterocycles. The lowest BCUT2D eigenvalue weighted by Gasteiger charge is -2.28. The molecule has 0 aliphatic carbocycles. The molecule has 4 rings (SSSR count). The summed E-state index contributed by atoms with van der Waals surface area (Å²) in [4.78, 5) is 16.6. The van der Waals surface area contributed by atoms with Gasteiger partial charge in [-0.1, -0.05) is 0 Å². The maximum absolute atomic E-state index is 12.3. The summed E-state index contributed by atoms with van der Waals surface area (Å²) >= 11 is 0. The molecule has 2 N–H and O–H groups in total. The molecule has 2 bridgehead atoms. The summed E-state index contributed by atoms with van der Waals surface area (Å²) in [7, 11) is 1.62. The van der Waals surface area contributed by atoms with E-state index in [1.54, 1.807) is 19.4 Å². The maximum Gasteiger partial charge on any atom is 0.224 e. The number of carbonyl (C=O) groups excluding carboxylic acids is 1. The zero-order valence-corrected chi connectivity index (χ0v) is 17.9. The second-order valence-electron chi connectivity index (χ2n) is 7.39. The zero-order chi connectivity index (χ0) is 18.6. The first-order valence-corrected chi connectivity index (χ1v) is 9.52. The van der Waals surface area contributed by atoms with E-state index in [-0.39, 0.29) is 30.7 Å². The molecule has 2 aliphatic rings. The number of hydrogen-bond donors (Lipinski definition) is 2. The SMILES string of the molecule is COc1ccc(Oc2ccc(NC(=O)CC3CC4CCC(C3)N4)cn2)cc1.Cl.Cl. The Morgan fingerprint density at radius 1 is 1.07 bits per heavy atom. The van der Waals surface area contributed by atoms with Gasteiger partial charge in [-0.25, -0.2) is 4.98 Å². The minimum absolute atomic E-state index is 0. The molecular formula is C21H27Cl2N3O3. The third-order valence-corrected chi connectivity index (χ3v) is 5.35. The summed E-state index contributed by atoms with van der Waals surface area (Å²) in [6, 6.07) is 12.1. The molecule has 1 aromatic carbocycles. The first-order chi connectivity index (χ1) is 13.2. The summed E-state index contributed by atoms with van der Waals surface area (Å²) in [6.45, 7) is 0. The fourth-order valence-electron chi connectivity index (χ4n) is 4.10. The van der Waals surface area contributed by atoms with Gasteiger partial charge in [0.15, 0.2) is 0 Å². The summed E-state index contributed by atoms with van der Waals surface area (Å²) < 4.78 is 10.8. The van der Waals surface area contributed by atoms with Crippen molar-refractivity contribution in [3.8, 4) is 17.4 Å². The third kappa shape index (κ3) is 6.23. The molecule has 6 nitrogen and oxygen atoms in total. The van der Waals surface area contributed by atoms with E-state index in [9.17, 15) is 4.79 Å². The minimum Gasteiger partial charge on any atom is -0.497 e. The van der Waals surface area contributed by atoms with Crippen molar-refractivity contribution in [1.29, 1.82) is 0 Å². The summed E-state index contributed by atoms with van der Waals surface area (Å²) in [5, 5.41) is 6.56. The molecule has 1 aromatic heterocycles. The highest BCUT2D eigenvalue weighted by atomic mass is 35.5. The number of hydrogen-bond acceptors (Lipinski definition) is 5. The number of halogens is 2. The standard InChI is InChI=1S/C21H25N3O3.2ClH/c1-26-18-5-7-19(8-6-18)27-21-9-4-17(13-22-21)24-20(25)12-14-10-15-2-3-16(11-14)23-15;;/h4-9,13-16,23H,2-3,10-12H2,1H3,(H,24,25);2*1H. The lowest BCUT2D eigenvalue weighted by atomic mass is 9.89. The van der Waals surface area contributed by atoms with Crippen molar-refractivity contribution in [1.82, 2.24) is 10.3 Å². The number of anilines is 1. The van der Waals surface area contributed by atoms with Crippen molar-refractivity contribution in [3.63, 3.8) is 0 Å². The number of piperidine rings is 1. The van der Waals surface area contributed by atoms with Crippen LogP contribution < -0.4 is 20.1 Å². The highest BCUT2D eigenvalue weighted by molar-refractivity contribution is 5.90. The van der Waals surface area contributed by atoms with Crippen LogP contribution in [-0.4, -0.2) is 30.1 Å². The number of nitrogens with zero attached hydrogens (tertiary/aromatic N) is 1. The molecule has 2 atom stereocenters. The molecule has 0 radical (unpaired) electrons. The number of aromatic nitrogens is 1. The van der Waals surface area contributed by atoms with Crippen LogP contribution >= 0.6 is 24.8 Å². The first kappa shape index (κ1) is 23.3. The van der Waals surface area contributed by atoms with E-state index in [1.165, 1.54) is 12.8 Å². The fourth-order valence-corrected chi connectivity index (χ4v) is 4.10. The van der Waals surface area contributed by atoms with Crippen molar-refractivity contribution >= 4 is 36.4 Å². The van der Waals surface area contributed by atoms with Crippen molar-refractivity contribution < 1.29 is 14.3 Å². The van der Waals surface area contributed by atoms with E-state index >= 15 is 0 Å². The Morgan fingerprint density at radius 3 is 2.31 bits per heavy atom. The number of ether oxygens (including phenoxy) is 2. The third-order valence-electron chi connectivity index (χ3n) is 5.35. The van der Waals surface area contributed by atoms with E-state index in [1.807, 2.05) is 30.3 Å². The number of methoxy groups -OCH3 is 1. The van der Waals surface area contributed by atoms with Gasteiger partial charge >= 0.3 is 0 Å². The van der Waals surface area contributed by atoms with E-state index in [2.05, 4.69) is 15.6 Å². The van der Waals surface area contributed by atoms with Crippen LogP contribution in [0, 0.1) is 5.92 Å². The van der Waals surface area contributed by atoms with Crippen molar-refractivity contribution in [3.05, 3.63) is 42.6 Å². The largest absolute Gasteiger partial charge is 0.497 e. The van der Waals surface area contributed by atoms with Gasteiger partial charge in [0.1, 0.15) is 11.5 Å². The smallest absolute Gasteiger partial charge is 0.224 e. The van der Waals surface area contributed by atoms with E-state index in [0.717, 1.165) is 18.6 Å². The predicted octanol–water partition coefficient (Wildman–Crippen LogP) is 4.59. The Labute approximate surface area is 183 Å². The van der Waals surface area contributed by atoms with Gasteiger partial charge in [0, 0.05) is 24.6 Å². The van der Waals surface area contributed by atoms with E-state index in [0.29, 0.717) is 41.7 Å². The van der Waals surface area contributed by atoms with Gasteiger partial charge in [-0.3, -0.25) is 4.79 Å². The molecule has 3 heterocycles. The predicted molar refractivity (Wildman–Crippen MR) is 118 cm³/mol. The second kappa shape index (κ2) is 10.7. The Hall–Kier alpha value is -2.02. The molecule has 2 aromatic rings. The van der Waals surface area contributed by atoms with Crippen LogP contribution in [0.25, 0.3) is 0 Å². The van der Waals surface area contributed by atoms with Gasteiger partial charge in [-0.15, -0.1) is 24.8 Å². The van der Waals surface area contributed by atoms with Gasteiger partial charge < -0.3 is 20.1 Å². The van der Waals surface area contributed by atoms with Crippen LogP contribution in [0.15, 0.2) is 42.6 Å². The topological polar surface area (TPSA) is 72.5 Å². The van der Waals surface area contributed by atoms with Crippen LogP contribution in [0.4, 0.5) is 5.69 Å². The normalized spacial score (nSPS) is 22.0. The van der Waals surface area contributed by atoms with Gasteiger partial charge in [0.05, 0.1) is 19.0 Å². The van der Waals surface area contributed by atoms with E-state index in [4.69, 9.17) is 9.47 Å². The van der Waals surface area contributed by atoms with Crippen LogP contribution in [0.1, 0.15) is 32.1 Å². The van der Waals surface area contributed by atoms with Crippen molar-refractivity contribution in [2.24, 2.45) is 5.92 Å². The molecule has 0 saturated carbocycles. The molecular weight excluding hydrogens is 413 g/mol. The zero-order valence-electron chi connectivity index (χ0n) is 16.3. The monoisotopic (exact) mass is 439 g/mol. The summed E-state index contributed by atoms with van der Waals surface area (Å²) in [5.41, 5.74) is 0.694. The maximum atomic E-state index is 12.3. The van der Waals surface area contributed by atoms with Crippen LogP contribution in [0.3, 0.4) is 0 Å². The quantitative estimate of drug-likeness (QED) is 0.688. The Morgan fingerprint density at radius 2 is 1.72 bits per heavy atom. The molecule has 8 heteroatoms. The lowest BCUT2D eigenvalue weighted by Crippen LogP contribution is -2.39. The number of carbonyl (C=O) groups is 1. The summed E-state index contributed by atoms with van der Waals surface area (Å²) in [6.07, 6.45) is 6.93. The second-order valence-corrected chi connectivity index (χ2v) is 7.39. The van der Waals surface area contributed by atoms with Crippen LogP contribution in [0.5, 0.6) is 17.4 Å². The number of rotatable bonds is 6. The van der Waals surface area contributed by atoms with Gasteiger partial charge in [-0.2, -0.15) is 0 Å². The van der Waals surface area contributed by atoms with Crippen LogP contribution in [0.2, 0.25) is 0 Å². The molecule has 1 amide bonds. The number of pyridine rings is 1. The Kier molecular flexibility index (Phi) is 8.56. The van der Waals surface area contributed by atoms with Gasteiger partial charge in [0.25, 0.3) is 0 Å². The van der Waals surface area contributed by atoms with Crippen LogP contribution in [-0.2, 0) is 4.79 Å². The Balaban J connectivity index is 0.00000150.